The highest BCUT2D eigenvalue weighted by molar-refractivity contribution is 7.80. The maximum Gasteiger partial charge on any atom is 0.217 e. The van der Waals surface area contributed by atoms with Crippen molar-refractivity contribution in [2.45, 2.75) is 117 Å². The lowest BCUT2D eigenvalue weighted by Crippen LogP contribution is -2.40. The minimum Gasteiger partial charge on any atom is -0.726 e. The number of quaternary nitrogens is 1. The number of nitrogens with zero attached hydrogens (tertiary/aromatic N) is 2. The fraction of sp³-hybridized carbons (Fsp3) is 0.958. The average molecular weight is 463 g/mol. The summed E-state index contributed by atoms with van der Waals surface area (Å²) >= 11 is 0. The molecular weight excluding hydrogens is 412 g/mol. The van der Waals surface area contributed by atoms with Crippen LogP contribution in [0.4, 0.5) is 0 Å². The molecule has 0 saturated carbocycles. The lowest BCUT2D eigenvalue weighted by Gasteiger charge is -2.26. The van der Waals surface area contributed by atoms with Gasteiger partial charge in [0.1, 0.15) is 6.07 Å². The second-order valence-electron chi connectivity index (χ2n) is 9.16. The normalized spacial score (nSPS) is 11.6. The highest BCUT2D eigenvalue weighted by Gasteiger charge is 2.12. The highest BCUT2D eigenvalue weighted by Crippen LogP contribution is 2.10. The van der Waals surface area contributed by atoms with Gasteiger partial charge in [-0.25, -0.2) is 8.42 Å². The summed E-state index contributed by atoms with van der Waals surface area (Å²) in [6, 6.07) is 2.24. The molecule has 0 amide bonds. The molecule has 31 heavy (non-hydrogen) atoms. The molecule has 0 aromatic rings. The summed E-state index contributed by atoms with van der Waals surface area (Å²) in [7, 11) is -0.216. The van der Waals surface area contributed by atoms with Crippen LogP contribution in [0, 0.1) is 11.3 Å². The molecule has 0 atom stereocenters. The van der Waals surface area contributed by atoms with Crippen molar-refractivity contribution in [3.8, 4) is 6.07 Å². The Morgan fingerprint density at radius 1 is 0.742 bits per heavy atom. The van der Waals surface area contributed by atoms with Crippen molar-refractivity contribution in [2.24, 2.45) is 0 Å². The van der Waals surface area contributed by atoms with E-state index in [0.29, 0.717) is 13.0 Å². The predicted octanol–water partition coefficient (Wildman–Crippen LogP) is 6.33. The van der Waals surface area contributed by atoms with Crippen LogP contribution >= 0.6 is 0 Å². The van der Waals surface area contributed by atoms with Gasteiger partial charge in [-0.3, -0.25) is 4.18 Å². The summed E-state index contributed by atoms with van der Waals surface area (Å²) in [6.45, 7) is 6.26. The van der Waals surface area contributed by atoms with Gasteiger partial charge in [-0.05, 0) is 19.3 Å². The van der Waals surface area contributed by atoms with Gasteiger partial charge in [-0.15, -0.1) is 0 Å². The lowest BCUT2D eigenvalue weighted by molar-refractivity contribution is -0.883. The van der Waals surface area contributed by atoms with E-state index in [1.165, 1.54) is 83.5 Å². The largest absolute Gasteiger partial charge is 0.726 e. The third-order valence-electron chi connectivity index (χ3n) is 5.34. The monoisotopic (exact) mass is 462 g/mol. The average Bonchev–Trinajstić information content (AvgIpc) is 2.68. The van der Waals surface area contributed by atoms with E-state index in [4.69, 9.17) is 5.26 Å². The van der Waals surface area contributed by atoms with Gasteiger partial charge in [-0.2, -0.15) is 5.26 Å². The van der Waals surface area contributed by atoms with Crippen molar-refractivity contribution in [1.29, 1.82) is 5.26 Å². The quantitative estimate of drug-likeness (QED) is 0.0693. The molecule has 7 heteroatoms. The van der Waals surface area contributed by atoms with Gasteiger partial charge in [0.2, 0.25) is 10.4 Å². The molecule has 186 valence electrons. The summed E-state index contributed by atoms with van der Waals surface area (Å²) in [5.41, 5.74) is 0. The SMILES string of the molecule is CCCCCCCCCCCCOS(=O)(=O)[O-].CCCCCCCC[N+](C)(C)CC#N. The van der Waals surface area contributed by atoms with E-state index < -0.39 is 10.4 Å². The van der Waals surface area contributed by atoms with Gasteiger partial charge >= 0.3 is 0 Å². The van der Waals surface area contributed by atoms with E-state index in [9.17, 15) is 13.0 Å². The lowest BCUT2D eigenvalue weighted by atomic mass is 10.1. The Morgan fingerprint density at radius 2 is 1.13 bits per heavy atom. The number of nitriles is 1. The first-order chi connectivity index (χ1) is 14.7. The Balaban J connectivity index is 0. The Morgan fingerprint density at radius 3 is 1.52 bits per heavy atom. The molecule has 0 radical (unpaired) electrons. The summed E-state index contributed by atoms with van der Waals surface area (Å²) in [5.74, 6) is 0. The van der Waals surface area contributed by atoms with Crippen LogP contribution in [-0.4, -0.2) is 51.2 Å². The van der Waals surface area contributed by atoms with E-state index in [1.54, 1.807) is 0 Å². The Bertz CT molecular complexity index is 516. The summed E-state index contributed by atoms with van der Waals surface area (Å²) in [5, 5.41) is 8.61. The van der Waals surface area contributed by atoms with Crippen LogP contribution in [0.15, 0.2) is 0 Å². The smallest absolute Gasteiger partial charge is 0.217 e. The van der Waals surface area contributed by atoms with Crippen molar-refractivity contribution in [1.82, 2.24) is 0 Å². The first-order valence-electron chi connectivity index (χ1n) is 12.5. The number of rotatable bonds is 20. The Labute approximate surface area is 193 Å². The molecule has 0 aromatic carbocycles. The van der Waals surface area contributed by atoms with E-state index in [-0.39, 0.29) is 6.61 Å². The molecule has 0 fully saturated rings. The van der Waals surface area contributed by atoms with Crippen LogP contribution in [0.3, 0.4) is 0 Å². The van der Waals surface area contributed by atoms with Crippen LogP contribution in [0.25, 0.3) is 0 Å². The van der Waals surface area contributed by atoms with Crippen molar-refractivity contribution in [3.05, 3.63) is 0 Å². The molecule has 0 saturated heterocycles. The second kappa shape index (κ2) is 22.5. The van der Waals surface area contributed by atoms with Gasteiger partial charge in [0.25, 0.3) is 0 Å². The van der Waals surface area contributed by atoms with Crippen LogP contribution in [0.5, 0.6) is 0 Å². The van der Waals surface area contributed by atoms with Gasteiger partial charge < -0.3 is 9.04 Å². The van der Waals surface area contributed by atoms with Crippen molar-refractivity contribution in [3.63, 3.8) is 0 Å². The Kier molecular flexibility index (Phi) is 23.6. The zero-order valence-corrected chi connectivity index (χ0v) is 21.7. The van der Waals surface area contributed by atoms with E-state index >= 15 is 0 Å². The molecule has 0 rings (SSSR count). The maximum absolute atomic E-state index is 10.1. The maximum atomic E-state index is 10.1. The molecule has 0 unspecified atom stereocenters. The minimum atomic E-state index is -4.48. The molecule has 0 N–H and O–H groups in total. The van der Waals surface area contributed by atoms with Gasteiger partial charge in [0, 0.05) is 0 Å². The van der Waals surface area contributed by atoms with Gasteiger partial charge in [0.05, 0.1) is 27.2 Å². The van der Waals surface area contributed by atoms with Crippen LogP contribution < -0.4 is 0 Å². The Hall–Kier alpha value is -0.680. The zero-order chi connectivity index (χ0) is 23.8. The topological polar surface area (TPSA) is 90.2 Å². The fourth-order valence-electron chi connectivity index (χ4n) is 3.34. The standard InChI is InChI=1S/C12H25N2.C12H26O4S/c1-4-5-6-7-8-9-11-14(2,3)12-10-13;1-2-3-4-5-6-7-8-9-10-11-12-16-17(13,14)15/h4-9,11-12H2,1-3H3;2-12H2,1H3,(H,13,14,15)/q+1;/p-1. The minimum absolute atomic E-state index is 0.0301. The van der Waals surface area contributed by atoms with Gasteiger partial charge in [-0.1, -0.05) is 97.3 Å². The van der Waals surface area contributed by atoms with E-state index in [0.717, 1.165) is 23.9 Å². The van der Waals surface area contributed by atoms with Crippen LogP contribution in [-0.2, 0) is 14.6 Å². The van der Waals surface area contributed by atoms with Crippen molar-refractivity contribution < 1.29 is 21.6 Å². The summed E-state index contributed by atoms with van der Waals surface area (Å²) in [6.07, 6.45) is 19.7. The van der Waals surface area contributed by atoms with Gasteiger partial charge in [0.15, 0.2) is 6.54 Å². The zero-order valence-electron chi connectivity index (χ0n) is 20.9. The number of hydrogen-bond acceptors (Lipinski definition) is 5. The third-order valence-corrected chi connectivity index (χ3v) is 5.80. The molecular formula is C24H50N2O4S. The summed E-state index contributed by atoms with van der Waals surface area (Å²) in [4.78, 5) is 0. The molecule has 0 spiro atoms. The first kappa shape index (κ1) is 32.5. The van der Waals surface area contributed by atoms with E-state index in [1.807, 2.05) is 0 Å². The molecule has 0 aliphatic heterocycles. The molecule has 0 bridgehead atoms. The number of unbranched alkanes of at least 4 members (excludes halogenated alkanes) is 14. The predicted molar refractivity (Wildman–Crippen MR) is 128 cm³/mol. The highest BCUT2D eigenvalue weighted by atomic mass is 32.3. The van der Waals surface area contributed by atoms with Crippen LogP contribution in [0.1, 0.15) is 117 Å². The molecule has 0 aromatic heterocycles. The first-order valence-corrected chi connectivity index (χ1v) is 13.8. The second-order valence-corrected chi connectivity index (χ2v) is 10.2. The third kappa shape index (κ3) is 31.6. The number of hydrogen-bond donors (Lipinski definition) is 0. The van der Waals surface area contributed by atoms with E-state index in [2.05, 4.69) is 38.2 Å². The van der Waals surface area contributed by atoms with Crippen LogP contribution in [0.2, 0.25) is 0 Å². The molecule has 0 aliphatic carbocycles. The summed E-state index contributed by atoms with van der Waals surface area (Å²) < 4.78 is 35.3. The molecule has 6 nitrogen and oxygen atoms in total. The van der Waals surface area contributed by atoms with Crippen molar-refractivity contribution >= 4 is 10.4 Å². The van der Waals surface area contributed by atoms with Crippen molar-refractivity contribution in [2.75, 3.05) is 33.8 Å². The fourth-order valence-corrected chi connectivity index (χ4v) is 3.66. The molecule has 0 aliphatic rings. The molecule has 0 heterocycles.